The summed E-state index contributed by atoms with van der Waals surface area (Å²) in [6.45, 7) is 7.52. The molecule has 1 rings (SSSR count). The molecule has 0 aliphatic heterocycles. The van der Waals surface area contributed by atoms with Crippen molar-refractivity contribution in [3.05, 3.63) is 28.7 Å². The third-order valence-corrected chi connectivity index (χ3v) is 2.50. The Morgan fingerprint density at radius 3 is 3.17 bits per heavy atom. The molecule has 0 saturated heterocycles. The third-order valence-electron chi connectivity index (χ3n) is 1.47. The zero-order valence-electron chi connectivity index (χ0n) is 7.34. The van der Waals surface area contributed by atoms with Crippen molar-refractivity contribution in [3.8, 4) is 0 Å². The van der Waals surface area contributed by atoms with Crippen molar-refractivity contribution in [2.24, 2.45) is 0 Å². The molecular weight excluding hydrogens is 168 g/mol. The van der Waals surface area contributed by atoms with Crippen molar-refractivity contribution in [1.29, 1.82) is 0 Å². The van der Waals surface area contributed by atoms with Crippen molar-refractivity contribution in [2.75, 3.05) is 13.1 Å². The van der Waals surface area contributed by atoms with Crippen molar-refractivity contribution in [1.82, 2.24) is 10.3 Å². The molecule has 66 valence electrons. The Labute approximate surface area is 77.3 Å². The predicted octanol–water partition coefficient (Wildman–Crippen LogP) is 1.77. The first-order valence-electron chi connectivity index (χ1n) is 4.05. The summed E-state index contributed by atoms with van der Waals surface area (Å²) in [7, 11) is 0. The van der Waals surface area contributed by atoms with Crippen LogP contribution in [0.5, 0.6) is 0 Å². The van der Waals surface area contributed by atoms with Gasteiger partial charge in [-0.1, -0.05) is 6.08 Å². The van der Waals surface area contributed by atoms with E-state index in [4.69, 9.17) is 0 Å². The predicted molar refractivity (Wildman–Crippen MR) is 53.6 cm³/mol. The first-order valence-corrected chi connectivity index (χ1v) is 4.93. The Morgan fingerprint density at radius 1 is 1.75 bits per heavy atom. The lowest BCUT2D eigenvalue weighted by Crippen LogP contribution is -2.16. The van der Waals surface area contributed by atoms with Gasteiger partial charge in [-0.2, -0.15) is 0 Å². The third kappa shape index (κ3) is 3.15. The number of nitrogens with zero attached hydrogens (tertiary/aromatic N) is 1. The van der Waals surface area contributed by atoms with Crippen LogP contribution in [0.2, 0.25) is 0 Å². The van der Waals surface area contributed by atoms with Gasteiger partial charge in [0.1, 0.15) is 0 Å². The standard InChI is InChI=1S/C9H14N2S/c1-3-5-10-6-4-9-11-8(2)7-12-9/h3,7,10H,1,4-6H2,2H3. The molecular formula is C9H14N2S. The fraction of sp³-hybridized carbons (Fsp3) is 0.444. The van der Waals surface area contributed by atoms with Gasteiger partial charge in [-0.3, -0.25) is 0 Å². The maximum atomic E-state index is 4.36. The number of thiazole rings is 1. The normalized spacial score (nSPS) is 10.1. The Morgan fingerprint density at radius 2 is 2.58 bits per heavy atom. The van der Waals surface area contributed by atoms with Crippen LogP contribution in [0.4, 0.5) is 0 Å². The van der Waals surface area contributed by atoms with Crippen LogP contribution in [0.25, 0.3) is 0 Å². The maximum absolute atomic E-state index is 4.36. The second-order valence-electron chi connectivity index (χ2n) is 2.63. The number of aryl methyl sites for hydroxylation is 1. The highest BCUT2D eigenvalue weighted by molar-refractivity contribution is 7.09. The van der Waals surface area contributed by atoms with Crippen LogP contribution < -0.4 is 5.32 Å². The molecule has 0 spiro atoms. The molecule has 1 aromatic heterocycles. The molecule has 0 aliphatic rings. The molecule has 0 atom stereocenters. The van der Waals surface area contributed by atoms with Crippen LogP contribution in [0, 0.1) is 6.92 Å². The number of hydrogen-bond donors (Lipinski definition) is 1. The quantitative estimate of drug-likeness (QED) is 0.554. The van der Waals surface area contributed by atoms with Gasteiger partial charge in [0.05, 0.1) is 5.01 Å². The van der Waals surface area contributed by atoms with Crippen molar-refractivity contribution < 1.29 is 0 Å². The maximum Gasteiger partial charge on any atom is 0.0940 e. The van der Waals surface area contributed by atoms with Crippen LogP contribution >= 0.6 is 11.3 Å². The van der Waals surface area contributed by atoms with Crippen LogP contribution in [-0.2, 0) is 6.42 Å². The highest BCUT2D eigenvalue weighted by Gasteiger charge is 1.96. The Bertz CT molecular complexity index is 242. The van der Waals surface area contributed by atoms with E-state index in [1.165, 1.54) is 5.01 Å². The lowest BCUT2D eigenvalue weighted by Gasteiger charge is -1.97. The minimum Gasteiger partial charge on any atom is -0.313 e. The van der Waals surface area contributed by atoms with Gasteiger partial charge in [0.2, 0.25) is 0 Å². The zero-order valence-corrected chi connectivity index (χ0v) is 8.16. The largest absolute Gasteiger partial charge is 0.313 e. The zero-order chi connectivity index (χ0) is 8.81. The number of aromatic nitrogens is 1. The molecule has 2 nitrogen and oxygen atoms in total. The monoisotopic (exact) mass is 182 g/mol. The van der Waals surface area contributed by atoms with Gasteiger partial charge in [0.15, 0.2) is 0 Å². The SMILES string of the molecule is C=CCNCCc1nc(C)cs1. The van der Waals surface area contributed by atoms with Gasteiger partial charge in [-0.15, -0.1) is 17.9 Å². The summed E-state index contributed by atoms with van der Waals surface area (Å²) in [4.78, 5) is 4.36. The van der Waals surface area contributed by atoms with Crippen LogP contribution in [0.3, 0.4) is 0 Å². The second kappa shape index (κ2) is 5.06. The Hall–Kier alpha value is -0.670. The smallest absolute Gasteiger partial charge is 0.0940 e. The second-order valence-corrected chi connectivity index (χ2v) is 3.57. The van der Waals surface area contributed by atoms with Crippen molar-refractivity contribution >= 4 is 11.3 Å². The lowest BCUT2D eigenvalue weighted by molar-refractivity contribution is 0.741. The molecule has 0 amide bonds. The van der Waals surface area contributed by atoms with Crippen LogP contribution in [0.1, 0.15) is 10.7 Å². The lowest BCUT2D eigenvalue weighted by atomic mass is 10.4. The topological polar surface area (TPSA) is 24.9 Å². The molecule has 0 aromatic carbocycles. The van der Waals surface area contributed by atoms with E-state index in [9.17, 15) is 0 Å². The summed E-state index contributed by atoms with van der Waals surface area (Å²) in [6.07, 6.45) is 2.89. The number of nitrogens with one attached hydrogen (secondary N) is 1. The minimum absolute atomic E-state index is 0.879. The minimum atomic E-state index is 0.879. The molecule has 1 aromatic rings. The van der Waals surface area contributed by atoms with E-state index in [1.807, 2.05) is 13.0 Å². The van der Waals surface area contributed by atoms with E-state index >= 15 is 0 Å². The van der Waals surface area contributed by atoms with Crippen molar-refractivity contribution in [2.45, 2.75) is 13.3 Å². The Kier molecular flexibility index (Phi) is 3.97. The van der Waals surface area contributed by atoms with Gasteiger partial charge in [-0.25, -0.2) is 4.98 Å². The van der Waals surface area contributed by atoms with E-state index in [0.29, 0.717) is 0 Å². The van der Waals surface area contributed by atoms with E-state index in [2.05, 4.69) is 22.3 Å². The summed E-state index contributed by atoms with van der Waals surface area (Å²) >= 11 is 1.73. The van der Waals surface area contributed by atoms with E-state index in [0.717, 1.165) is 25.2 Å². The highest BCUT2D eigenvalue weighted by Crippen LogP contribution is 2.08. The summed E-state index contributed by atoms with van der Waals surface area (Å²) in [5, 5.41) is 6.54. The fourth-order valence-corrected chi connectivity index (χ4v) is 1.69. The van der Waals surface area contributed by atoms with Gasteiger partial charge >= 0.3 is 0 Å². The molecule has 0 bridgehead atoms. The van der Waals surface area contributed by atoms with E-state index in [1.54, 1.807) is 11.3 Å². The van der Waals surface area contributed by atoms with Crippen LogP contribution in [0.15, 0.2) is 18.0 Å². The number of hydrogen-bond acceptors (Lipinski definition) is 3. The van der Waals surface area contributed by atoms with Gasteiger partial charge in [0, 0.05) is 30.6 Å². The molecule has 3 heteroatoms. The summed E-state index contributed by atoms with van der Waals surface area (Å²) in [6, 6.07) is 0. The first kappa shape index (κ1) is 9.42. The fourth-order valence-electron chi connectivity index (χ4n) is 0.917. The molecule has 0 fully saturated rings. The molecule has 0 aliphatic carbocycles. The van der Waals surface area contributed by atoms with Crippen molar-refractivity contribution in [3.63, 3.8) is 0 Å². The van der Waals surface area contributed by atoms with Crippen LogP contribution in [-0.4, -0.2) is 18.1 Å². The molecule has 0 unspecified atom stereocenters. The molecule has 1 heterocycles. The first-order chi connectivity index (χ1) is 5.83. The van der Waals surface area contributed by atoms with Gasteiger partial charge in [-0.05, 0) is 6.92 Å². The summed E-state index contributed by atoms with van der Waals surface area (Å²) in [5.74, 6) is 0. The Balaban J connectivity index is 2.19. The average molecular weight is 182 g/mol. The molecule has 1 N–H and O–H groups in total. The van der Waals surface area contributed by atoms with Gasteiger partial charge < -0.3 is 5.32 Å². The highest BCUT2D eigenvalue weighted by atomic mass is 32.1. The summed E-state index contributed by atoms with van der Waals surface area (Å²) < 4.78 is 0. The number of rotatable bonds is 5. The van der Waals surface area contributed by atoms with E-state index < -0.39 is 0 Å². The molecule has 0 radical (unpaired) electrons. The van der Waals surface area contributed by atoms with E-state index in [-0.39, 0.29) is 0 Å². The molecule has 0 saturated carbocycles. The summed E-state index contributed by atoms with van der Waals surface area (Å²) in [5.41, 5.74) is 1.12. The van der Waals surface area contributed by atoms with Gasteiger partial charge in [0.25, 0.3) is 0 Å². The molecule has 12 heavy (non-hydrogen) atoms. The average Bonchev–Trinajstić information content (AvgIpc) is 2.45.